The molecule has 3 heterocycles. The summed E-state index contributed by atoms with van der Waals surface area (Å²) in [5.74, 6) is 0.387. The lowest BCUT2D eigenvalue weighted by Crippen LogP contribution is -2.46. The number of nitrogens with zero attached hydrogens (tertiary/aromatic N) is 3. The van der Waals surface area contributed by atoms with Crippen molar-refractivity contribution in [1.29, 1.82) is 5.26 Å². The van der Waals surface area contributed by atoms with Gasteiger partial charge in [-0.3, -0.25) is 15.0 Å². The molecule has 156 valence electrons. The zero-order chi connectivity index (χ0) is 21.3. The van der Waals surface area contributed by atoms with E-state index in [-0.39, 0.29) is 29.1 Å². The van der Waals surface area contributed by atoms with Crippen molar-refractivity contribution in [1.82, 2.24) is 14.9 Å². The zero-order valence-electron chi connectivity index (χ0n) is 16.4. The van der Waals surface area contributed by atoms with Crippen LogP contribution >= 0.6 is 0 Å². The first-order valence-corrected chi connectivity index (χ1v) is 9.29. The summed E-state index contributed by atoms with van der Waals surface area (Å²) in [5.41, 5.74) is 0.0876. The molecule has 2 aromatic rings. The van der Waals surface area contributed by atoms with Gasteiger partial charge >= 0.3 is 6.18 Å². The molecule has 2 N–H and O–H groups in total. The molecule has 1 amide bonds. The molecule has 0 bridgehead atoms. The van der Waals surface area contributed by atoms with Crippen molar-refractivity contribution in [3.05, 3.63) is 34.6 Å². The quantitative estimate of drug-likeness (QED) is 0.802. The van der Waals surface area contributed by atoms with E-state index in [4.69, 9.17) is 4.42 Å². The highest BCUT2D eigenvalue weighted by Crippen LogP contribution is 2.32. The van der Waals surface area contributed by atoms with Gasteiger partial charge in [-0.25, -0.2) is 4.98 Å². The van der Waals surface area contributed by atoms with Gasteiger partial charge in [-0.05, 0) is 40.2 Å². The number of carbonyl (C=O) groups is 1. The number of rotatable bonds is 4. The molecule has 29 heavy (non-hydrogen) atoms. The van der Waals surface area contributed by atoms with Crippen molar-refractivity contribution in [2.24, 2.45) is 0 Å². The van der Waals surface area contributed by atoms with E-state index < -0.39 is 17.9 Å². The van der Waals surface area contributed by atoms with Gasteiger partial charge in [0.2, 0.25) is 11.8 Å². The third kappa shape index (κ3) is 4.29. The Bertz CT molecular complexity index is 941. The van der Waals surface area contributed by atoms with E-state index >= 15 is 0 Å². The number of carbonyl (C=O) groups excluding carboxylic acids is 1. The molecule has 0 aliphatic carbocycles. The number of nitriles is 1. The topological polar surface area (TPSA) is 97.9 Å². The maximum atomic E-state index is 12.8. The van der Waals surface area contributed by atoms with Crippen LogP contribution in [-0.4, -0.2) is 39.9 Å². The van der Waals surface area contributed by atoms with Crippen LogP contribution in [0.4, 0.5) is 19.1 Å². The summed E-state index contributed by atoms with van der Waals surface area (Å²) in [4.78, 5) is 20.8. The predicted molar refractivity (Wildman–Crippen MR) is 98.1 cm³/mol. The molecule has 0 saturated carbocycles. The first kappa shape index (κ1) is 20.9. The van der Waals surface area contributed by atoms with Gasteiger partial charge in [-0.1, -0.05) is 0 Å². The number of H-pyrrole nitrogens is 1. The minimum Gasteiger partial charge on any atom is -0.444 e. The van der Waals surface area contributed by atoms with Crippen molar-refractivity contribution in [3.8, 4) is 6.07 Å². The normalized spacial score (nSPS) is 19.0. The highest BCUT2D eigenvalue weighted by Gasteiger charge is 2.35. The van der Waals surface area contributed by atoms with Crippen molar-refractivity contribution in [2.45, 2.75) is 51.7 Å². The fourth-order valence-electron chi connectivity index (χ4n) is 3.50. The number of aryl methyl sites for hydroxylation is 1. The van der Waals surface area contributed by atoms with Crippen molar-refractivity contribution < 1.29 is 22.4 Å². The fraction of sp³-hybridized carbons (Fsp3) is 0.526. The average molecular weight is 409 g/mol. The number of imidazole rings is 1. The van der Waals surface area contributed by atoms with E-state index in [1.807, 2.05) is 11.0 Å². The van der Waals surface area contributed by atoms with E-state index in [0.29, 0.717) is 30.8 Å². The number of halogens is 3. The summed E-state index contributed by atoms with van der Waals surface area (Å²) in [6.45, 7) is 6.21. The standard InChI is InChI=1S/C19H22F3N5O2/c1-10-12(3)29-18(14(10)7-23)26-17(28)11(2)27-6-4-5-13(9-27)16-24-8-15(25-16)19(20,21)22/h8,11,13H,4-6,9H2,1-3H3,(H,24,25)(H,26,28)/t11-,13+/m1/s1. The molecule has 1 fully saturated rings. The molecule has 2 aromatic heterocycles. The predicted octanol–water partition coefficient (Wildman–Crippen LogP) is 3.72. The Morgan fingerprint density at radius 2 is 2.21 bits per heavy atom. The molecule has 0 spiro atoms. The summed E-state index contributed by atoms with van der Waals surface area (Å²) < 4.78 is 43.9. The first-order valence-electron chi connectivity index (χ1n) is 9.29. The summed E-state index contributed by atoms with van der Waals surface area (Å²) >= 11 is 0. The number of amides is 1. The van der Waals surface area contributed by atoms with Gasteiger partial charge in [0.25, 0.3) is 0 Å². The van der Waals surface area contributed by atoms with Crippen LogP contribution in [0.2, 0.25) is 0 Å². The Labute approximate surface area is 165 Å². The summed E-state index contributed by atoms with van der Waals surface area (Å²) in [5, 5.41) is 11.9. The first-order chi connectivity index (χ1) is 13.6. The summed E-state index contributed by atoms with van der Waals surface area (Å²) in [6.07, 6.45) is -2.25. The number of aromatic nitrogens is 2. The van der Waals surface area contributed by atoms with Crippen LogP contribution in [-0.2, 0) is 11.0 Å². The Morgan fingerprint density at radius 1 is 1.48 bits per heavy atom. The van der Waals surface area contributed by atoms with Gasteiger partial charge in [0.05, 0.1) is 12.2 Å². The molecule has 0 unspecified atom stereocenters. The molecule has 1 aliphatic heterocycles. The molecular weight excluding hydrogens is 387 g/mol. The van der Waals surface area contributed by atoms with E-state index in [0.717, 1.165) is 12.6 Å². The lowest BCUT2D eigenvalue weighted by molar-refractivity contribution is -0.141. The second-order valence-corrected chi connectivity index (χ2v) is 7.28. The van der Waals surface area contributed by atoms with Crippen LogP contribution in [0.5, 0.6) is 0 Å². The number of alkyl halides is 3. The number of furan rings is 1. The van der Waals surface area contributed by atoms with Gasteiger partial charge in [0.1, 0.15) is 28.9 Å². The van der Waals surface area contributed by atoms with Crippen molar-refractivity contribution in [2.75, 3.05) is 18.4 Å². The van der Waals surface area contributed by atoms with E-state index in [2.05, 4.69) is 15.3 Å². The molecule has 7 nitrogen and oxygen atoms in total. The molecule has 1 saturated heterocycles. The van der Waals surface area contributed by atoms with Gasteiger partial charge in [-0.2, -0.15) is 18.4 Å². The van der Waals surface area contributed by atoms with E-state index in [1.165, 1.54) is 0 Å². The molecule has 1 aliphatic rings. The Morgan fingerprint density at radius 3 is 2.83 bits per heavy atom. The average Bonchev–Trinajstić information content (AvgIpc) is 3.27. The highest BCUT2D eigenvalue weighted by molar-refractivity contribution is 5.94. The number of hydrogen-bond donors (Lipinski definition) is 2. The molecular formula is C19H22F3N5O2. The van der Waals surface area contributed by atoms with E-state index in [9.17, 15) is 23.2 Å². The van der Waals surface area contributed by atoms with Crippen LogP contribution in [0, 0.1) is 25.2 Å². The smallest absolute Gasteiger partial charge is 0.432 e. The third-order valence-electron chi connectivity index (χ3n) is 5.40. The highest BCUT2D eigenvalue weighted by atomic mass is 19.4. The Hall–Kier alpha value is -2.80. The molecule has 10 heteroatoms. The largest absolute Gasteiger partial charge is 0.444 e. The molecule has 3 rings (SSSR count). The lowest BCUT2D eigenvalue weighted by Gasteiger charge is -2.35. The zero-order valence-corrected chi connectivity index (χ0v) is 16.4. The maximum absolute atomic E-state index is 12.8. The van der Waals surface area contributed by atoms with Gasteiger partial charge in [0.15, 0.2) is 0 Å². The fourth-order valence-corrected chi connectivity index (χ4v) is 3.50. The van der Waals surface area contributed by atoms with Crippen LogP contribution in [0.3, 0.4) is 0 Å². The Kier molecular flexibility index (Phi) is 5.71. The molecule has 0 aromatic carbocycles. The maximum Gasteiger partial charge on any atom is 0.432 e. The van der Waals surface area contributed by atoms with E-state index in [1.54, 1.807) is 20.8 Å². The number of likely N-dealkylation sites (tertiary alicyclic amines) is 1. The SMILES string of the molecule is Cc1oc(NC(=O)[C@@H](C)N2CCC[C@H](c3ncc(C(F)(F)F)[nH]3)C2)c(C#N)c1C. The lowest BCUT2D eigenvalue weighted by atomic mass is 9.96. The third-order valence-corrected chi connectivity index (χ3v) is 5.40. The summed E-state index contributed by atoms with van der Waals surface area (Å²) in [7, 11) is 0. The van der Waals surface area contributed by atoms with Crippen LogP contribution in [0.1, 0.15) is 54.1 Å². The molecule has 0 radical (unpaired) electrons. The number of piperidine rings is 1. The number of hydrogen-bond acceptors (Lipinski definition) is 5. The van der Waals surface area contributed by atoms with Gasteiger partial charge in [0, 0.05) is 18.0 Å². The van der Waals surface area contributed by atoms with Crippen LogP contribution in [0.15, 0.2) is 10.6 Å². The minimum atomic E-state index is -4.47. The van der Waals surface area contributed by atoms with Gasteiger partial charge < -0.3 is 9.40 Å². The second kappa shape index (κ2) is 7.91. The number of nitrogens with one attached hydrogen (secondary N) is 2. The van der Waals surface area contributed by atoms with Crippen molar-refractivity contribution in [3.63, 3.8) is 0 Å². The van der Waals surface area contributed by atoms with Crippen LogP contribution in [0.25, 0.3) is 0 Å². The van der Waals surface area contributed by atoms with Gasteiger partial charge in [-0.15, -0.1) is 0 Å². The molecule has 2 atom stereocenters. The number of aromatic amines is 1. The van der Waals surface area contributed by atoms with Crippen molar-refractivity contribution >= 4 is 11.8 Å². The monoisotopic (exact) mass is 409 g/mol. The summed E-state index contributed by atoms with van der Waals surface area (Å²) in [6, 6.07) is 1.48. The second-order valence-electron chi connectivity index (χ2n) is 7.28. The van der Waals surface area contributed by atoms with Crippen LogP contribution < -0.4 is 5.32 Å². The Balaban J connectivity index is 1.69. The number of anilines is 1. The minimum absolute atomic E-state index is 0.119.